The van der Waals surface area contributed by atoms with Crippen molar-refractivity contribution in [2.75, 3.05) is 20.1 Å². The SMILES string of the molecule is CNCCCCC(N)C(=O)NCCCCCC(=O)O. The molecule has 19 heavy (non-hydrogen) atoms. The van der Waals surface area contributed by atoms with Crippen LogP contribution in [0.5, 0.6) is 0 Å². The van der Waals surface area contributed by atoms with Gasteiger partial charge in [-0.25, -0.2) is 0 Å². The van der Waals surface area contributed by atoms with Crippen molar-refractivity contribution in [2.24, 2.45) is 5.73 Å². The van der Waals surface area contributed by atoms with Gasteiger partial charge in [0.05, 0.1) is 6.04 Å². The predicted octanol–water partition coefficient (Wildman–Crippen LogP) is 0.465. The van der Waals surface area contributed by atoms with E-state index < -0.39 is 12.0 Å². The van der Waals surface area contributed by atoms with Gasteiger partial charge in [-0.2, -0.15) is 0 Å². The van der Waals surface area contributed by atoms with E-state index in [0.29, 0.717) is 19.4 Å². The molecule has 0 saturated carbocycles. The number of hydrogen-bond donors (Lipinski definition) is 4. The van der Waals surface area contributed by atoms with Gasteiger partial charge in [0, 0.05) is 13.0 Å². The monoisotopic (exact) mass is 273 g/mol. The Kier molecular flexibility index (Phi) is 11.2. The molecular weight excluding hydrogens is 246 g/mol. The van der Waals surface area contributed by atoms with E-state index in [1.165, 1.54) is 0 Å². The average molecular weight is 273 g/mol. The lowest BCUT2D eigenvalue weighted by atomic mass is 10.1. The minimum Gasteiger partial charge on any atom is -0.481 e. The number of nitrogens with one attached hydrogen (secondary N) is 2. The summed E-state index contributed by atoms with van der Waals surface area (Å²) in [5.41, 5.74) is 5.77. The van der Waals surface area contributed by atoms with Crippen molar-refractivity contribution in [3.63, 3.8) is 0 Å². The molecule has 0 aliphatic rings. The van der Waals surface area contributed by atoms with Crippen molar-refractivity contribution in [2.45, 2.75) is 51.0 Å². The van der Waals surface area contributed by atoms with Gasteiger partial charge in [-0.05, 0) is 39.3 Å². The number of amides is 1. The highest BCUT2D eigenvalue weighted by molar-refractivity contribution is 5.81. The Hall–Kier alpha value is -1.14. The van der Waals surface area contributed by atoms with Crippen LogP contribution < -0.4 is 16.4 Å². The van der Waals surface area contributed by atoms with Crippen LogP contribution in [0.3, 0.4) is 0 Å². The largest absolute Gasteiger partial charge is 0.481 e. The van der Waals surface area contributed by atoms with Gasteiger partial charge >= 0.3 is 5.97 Å². The summed E-state index contributed by atoms with van der Waals surface area (Å²) in [5, 5.41) is 14.3. The van der Waals surface area contributed by atoms with Crippen LogP contribution in [-0.2, 0) is 9.59 Å². The first-order valence-electron chi connectivity index (χ1n) is 6.97. The zero-order chi connectivity index (χ0) is 14.5. The second-order valence-electron chi connectivity index (χ2n) is 4.70. The fourth-order valence-electron chi connectivity index (χ4n) is 1.72. The molecular formula is C13H27N3O3. The summed E-state index contributed by atoms with van der Waals surface area (Å²) < 4.78 is 0. The van der Waals surface area contributed by atoms with Gasteiger partial charge in [0.25, 0.3) is 0 Å². The molecule has 6 nitrogen and oxygen atoms in total. The number of carbonyl (C=O) groups excluding carboxylic acids is 1. The highest BCUT2D eigenvalue weighted by Crippen LogP contribution is 2.00. The molecule has 0 bridgehead atoms. The van der Waals surface area contributed by atoms with Crippen LogP contribution in [0.1, 0.15) is 44.9 Å². The van der Waals surface area contributed by atoms with Crippen LogP contribution in [0, 0.1) is 0 Å². The van der Waals surface area contributed by atoms with Crippen LogP contribution in [-0.4, -0.2) is 43.2 Å². The molecule has 112 valence electrons. The van der Waals surface area contributed by atoms with Crippen LogP contribution in [0.2, 0.25) is 0 Å². The van der Waals surface area contributed by atoms with Gasteiger partial charge in [-0.3, -0.25) is 9.59 Å². The molecule has 1 atom stereocenters. The van der Waals surface area contributed by atoms with E-state index in [0.717, 1.165) is 32.2 Å². The van der Waals surface area contributed by atoms with Crippen molar-refractivity contribution >= 4 is 11.9 Å². The maximum atomic E-state index is 11.6. The zero-order valence-corrected chi connectivity index (χ0v) is 11.8. The summed E-state index contributed by atoms with van der Waals surface area (Å²) in [7, 11) is 1.90. The standard InChI is InChI=1S/C13H27N3O3/c1-15-9-6-4-7-11(14)13(19)16-10-5-2-3-8-12(17)18/h11,15H,2-10,14H2,1H3,(H,16,19)(H,17,18). The molecule has 0 aromatic rings. The zero-order valence-electron chi connectivity index (χ0n) is 11.8. The van der Waals surface area contributed by atoms with Crippen LogP contribution in [0.4, 0.5) is 0 Å². The number of carbonyl (C=O) groups is 2. The number of hydrogen-bond acceptors (Lipinski definition) is 4. The van der Waals surface area contributed by atoms with Crippen molar-refractivity contribution in [1.82, 2.24) is 10.6 Å². The summed E-state index contributed by atoms with van der Waals surface area (Å²) in [6.07, 6.45) is 5.11. The number of carboxylic acids is 1. The fraction of sp³-hybridized carbons (Fsp3) is 0.846. The average Bonchev–Trinajstić information content (AvgIpc) is 2.37. The lowest BCUT2D eigenvalue weighted by molar-refractivity contribution is -0.137. The maximum absolute atomic E-state index is 11.6. The predicted molar refractivity (Wildman–Crippen MR) is 74.9 cm³/mol. The third-order valence-electron chi connectivity index (χ3n) is 2.90. The molecule has 1 unspecified atom stereocenters. The Morgan fingerprint density at radius 3 is 2.42 bits per heavy atom. The third-order valence-corrected chi connectivity index (χ3v) is 2.90. The molecule has 0 spiro atoms. The molecule has 5 N–H and O–H groups in total. The second kappa shape index (κ2) is 11.9. The Morgan fingerprint density at radius 1 is 1.11 bits per heavy atom. The Morgan fingerprint density at radius 2 is 1.79 bits per heavy atom. The lowest BCUT2D eigenvalue weighted by Gasteiger charge is -2.12. The number of carboxylic acid groups (broad SMARTS) is 1. The van der Waals surface area contributed by atoms with E-state index in [-0.39, 0.29) is 12.3 Å². The summed E-state index contributed by atoms with van der Waals surface area (Å²) >= 11 is 0. The Bertz CT molecular complexity index is 260. The Labute approximate surface area is 115 Å². The van der Waals surface area contributed by atoms with Crippen LogP contribution >= 0.6 is 0 Å². The maximum Gasteiger partial charge on any atom is 0.303 e. The molecule has 0 saturated heterocycles. The van der Waals surface area contributed by atoms with E-state index in [1.54, 1.807) is 0 Å². The van der Waals surface area contributed by atoms with Gasteiger partial charge in [0.1, 0.15) is 0 Å². The first kappa shape index (κ1) is 17.9. The molecule has 0 aromatic heterocycles. The molecule has 0 fully saturated rings. The number of nitrogens with two attached hydrogens (primary N) is 1. The van der Waals surface area contributed by atoms with Gasteiger partial charge in [-0.1, -0.05) is 12.8 Å². The summed E-state index contributed by atoms with van der Waals surface area (Å²) in [4.78, 5) is 21.9. The van der Waals surface area contributed by atoms with Crippen LogP contribution in [0.15, 0.2) is 0 Å². The van der Waals surface area contributed by atoms with E-state index in [1.807, 2.05) is 7.05 Å². The van der Waals surface area contributed by atoms with Gasteiger partial charge < -0.3 is 21.5 Å². The molecule has 0 heterocycles. The molecule has 0 aromatic carbocycles. The van der Waals surface area contributed by atoms with Gasteiger partial charge in [0.15, 0.2) is 0 Å². The molecule has 6 heteroatoms. The lowest BCUT2D eigenvalue weighted by Crippen LogP contribution is -2.40. The van der Waals surface area contributed by atoms with E-state index in [2.05, 4.69) is 10.6 Å². The van der Waals surface area contributed by atoms with Gasteiger partial charge in [-0.15, -0.1) is 0 Å². The molecule has 0 aliphatic carbocycles. The molecule has 0 radical (unpaired) electrons. The quantitative estimate of drug-likeness (QED) is 0.387. The topological polar surface area (TPSA) is 104 Å². The first-order chi connectivity index (χ1) is 9.07. The highest BCUT2D eigenvalue weighted by atomic mass is 16.4. The molecule has 0 aliphatic heterocycles. The normalized spacial score (nSPS) is 12.1. The highest BCUT2D eigenvalue weighted by Gasteiger charge is 2.11. The van der Waals surface area contributed by atoms with Crippen molar-refractivity contribution < 1.29 is 14.7 Å². The van der Waals surface area contributed by atoms with Crippen molar-refractivity contribution in [3.05, 3.63) is 0 Å². The summed E-state index contributed by atoms with van der Waals surface area (Å²) in [5.74, 6) is -0.879. The first-order valence-corrected chi connectivity index (χ1v) is 6.97. The summed E-state index contributed by atoms with van der Waals surface area (Å²) in [6, 6.07) is -0.434. The van der Waals surface area contributed by atoms with Crippen molar-refractivity contribution in [3.8, 4) is 0 Å². The van der Waals surface area contributed by atoms with Crippen LogP contribution in [0.25, 0.3) is 0 Å². The fourth-order valence-corrected chi connectivity index (χ4v) is 1.72. The minimum atomic E-state index is -0.771. The molecule has 0 rings (SSSR count). The van der Waals surface area contributed by atoms with E-state index in [4.69, 9.17) is 10.8 Å². The minimum absolute atomic E-state index is 0.109. The number of unbranched alkanes of at least 4 members (excludes halogenated alkanes) is 3. The van der Waals surface area contributed by atoms with E-state index >= 15 is 0 Å². The summed E-state index contributed by atoms with van der Waals surface area (Å²) in [6.45, 7) is 1.51. The smallest absolute Gasteiger partial charge is 0.303 e. The third kappa shape index (κ3) is 11.7. The van der Waals surface area contributed by atoms with Crippen molar-refractivity contribution in [1.29, 1.82) is 0 Å². The van der Waals surface area contributed by atoms with Gasteiger partial charge in [0.2, 0.25) is 5.91 Å². The molecule has 1 amide bonds. The number of aliphatic carboxylic acids is 1. The Balaban J connectivity index is 3.43. The van der Waals surface area contributed by atoms with E-state index in [9.17, 15) is 9.59 Å². The second-order valence-corrected chi connectivity index (χ2v) is 4.70. The number of rotatable bonds is 12.